The van der Waals surface area contributed by atoms with E-state index in [1.165, 1.54) is 0 Å². The van der Waals surface area contributed by atoms with E-state index in [4.69, 9.17) is 45.9 Å². The minimum atomic E-state index is -1.79. The number of nitrogens with two attached hydrogens (primary N) is 8. The lowest BCUT2D eigenvalue weighted by molar-refractivity contribution is -0.136. The molecule has 3 rings (SSSR count). The summed E-state index contributed by atoms with van der Waals surface area (Å²) in [6.45, 7) is -1.55. The molecule has 0 bridgehead atoms. The van der Waals surface area contributed by atoms with Gasteiger partial charge in [-0.15, -0.1) is 0 Å². The maximum Gasteiger partial charge on any atom is 0.245 e. The first-order chi connectivity index (χ1) is 47.7. The summed E-state index contributed by atoms with van der Waals surface area (Å²) < 4.78 is 0. The second-order valence-corrected chi connectivity index (χ2v) is 25.7. The van der Waals surface area contributed by atoms with E-state index in [0.717, 1.165) is 34.1 Å². The first kappa shape index (κ1) is 84.8. The Bertz CT molecular complexity index is 3080. The minimum Gasteiger partial charge on any atom is -0.394 e. The molecule has 0 saturated carbocycles. The molecule has 39 heteroatoms. The smallest absolute Gasteiger partial charge is 0.245 e. The summed E-state index contributed by atoms with van der Waals surface area (Å²) in [7, 11) is 1.71. The zero-order valence-electron chi connectivity index (χ0n) is 55.7. The minimum absolute atomic E-state index is 0.00307. The Morgan fingerprint density at radius 3 is 1.64 bits per heavy atom. The number of nitrogens with zero attached hydrogens (tertiary/aromatic N) is 2. The van der Waals surface area contributed by atoms with E-state index in [9.17, 15) is 72.5 Å². The van der Waals surface area contributed by atoms with Gasteiger partial charge >= 0.3 is 0 Å². The number of amides is 13. The number of aliphatic hydroxyl groups is 2. The van der Waals surface area contributed by atoms with Gasteiger partial charge in [0.15, 0.2) is 11.9 Å². The van der Waals surface area contributed by atoms with Crippen molar-refractivity contribution in [2.45, 2.75) is 150 Å². The topological polar surface area (TPSA) is 640 Å². The number of primary amides is 1. The summed E-state index contributed by atoms with van der Waals surface area (Å²) >= 11 is 0. The second kappa shape index (κ2) is 46.8. The van der Waals surface area contributed by atoms with Crippen molar-refractivity contribution in [3.05, 3.63) is 71.8 Å². The number of hydrogen-bond donors (Lipinski definition) is 22. The first-order valence-corrected chi connectivity index (χ1v) is 34.9. The molecular weight excluding hydrogens is 1340 g/mol. The van der Waals surface area contributed by atoms with E-state index >= 15 is 0 Å². The third-order valence-electron chi connectivity index (χ3n) is 14.9. The van der Waals surface area contributed by atoms with Gasteiger partial charge in [0.25, 0.3) is 0 Å². The molecule has 1 aliphatic heterocycles. The van der Waals surface area contributed by atoms with Gasteiger partial charge in [-0.05, 0) is 102 Å². The van der Waals surface area contributed by atoms with E-state index < -0.39 is 170 Å². The van der Waals surface area contributed by atoms with Gasteiger partial charge in [0, 0.05) is 31.0 Å². The van der Waals surface area contributed by atoms with Crippen LogP contribution >= 0.6 is 21.6 Å². The molecule has 100 heavy (non-hydrogen) atoms. The predicted molar refractivity (Wildman–Crippen MR) is 373 cm³/mol. The Morgan fingerprint density at radius 1 is 0.540 bits per heavy atom. The molecule has 0 aromatic heterocycles. The summed E-state index contributed by atoms with van der Waals surface area (Å²) in [4.78, 5) is 186. The van der Waals surface area contributed by atoms with Crippen molar-refractivity contribution in [2.75, 3.05) is 63.9 Å². The molecule has 11 atom stereocenters. The van der Waals surface area contributed by atoms with E-state index in [1.807, 2.05) is 0 Å². The van der Waals surface area contributed by atoms with E-state index in [-0.39, 0.29) is 101 Å². The fourth-order valence-corrected chi connectivity index (χ4v) is 11.8. The van der Waals surface area contributed by atoms with Crippen molar-refractivity contribution in [1.82, 2.24) is 63.8 Å². The summed E-state index contributed by atoms with van der Waals surface area (Å²) in [5.41, 5.74) is 46.4. The van der Waals surface area contributed by atoms with Crippen LogP contribution < -0.4 is 110 Å². The molecule has 4 unspecified atom stereocenters. The zero-order valence-corrected chi connectivity index (χ0v) is 57.3. The Balaban J connectivity index is 1.95. The molecule has 0 aliphatic carbocycles. The van der Waals surface area contributed by atoms with Gasteiger partial charge in [0.1, 0.15) is 54.4 Å². The molecule has 0 spiro atoms. The number of carbonyl (C=O) groups excluding carboxylic acids is 13. The molecule has 1 aliphatic rings. The number of unbranched alkanes of at least 4 members (excludes halogenated alkanes) is 2. The average molecular weight is 1440 g/mol. The fourth-order valence-electron chi connectivity index (χ4n) is 9.50. The average Bonchev–Trinajstić information content (AvgIpc) is 0.979. The number of carbonyl (C=O) groups is 13. The van der Waals surface area contributed by atoms with Crippen molar-refractivity contribution < 1.29 is 72.5 Å². The molecule has 1 saturated heterocycles. The fraction of sp³-hybridized carbons (Fsp3) is 0.557. The normalized spacial score (nSPS) is 18.6. The van der Waals surface area contributed by atoms with E-state index in [2.05, 4.69) is 73.8 Å². The van der Waals surface area contributed by atoms with E-state index in [1.54, 1.807) is 60.7 Å². The van der Waals surface area contributed by atoms with Crippen molar-refractivity contribution in [3.63, 3.8) is 0 Å². The van der Waals surface area contributed by atoms with Crippen LogP contribution in [0, 0.1) is 0 Å². The Hall–Kier alpha value is -9.41. The molecule has 2 aromatic rings. The van der Waals surface area contributed by atoms with Crippen molar-refractivity contribution in [2.24, 2.45) is 55.9 Å². The summed E-state index contributed by atoms with van der Waals surface area (Å²) in [5.74, 6) is -13.4. The molecular formula is C61H98N22O15S2. The van der Waals surface area contributed by atoms with Gasteiger partial charge in [-0.3, -0.25) is 72.3 Å². The maximum absolute atomic E-state index is 14.5. The lowest BCUT2D eigenvalue weighted by Gasteiger charge is -2.27. The van der Waals surface area contributed by atoms with Crippen LogP contribution in [0.4, 0.5) is 0 Å². The second-order valence-electron chi connectivity index (χ2n) is 23.2. The van der Waals surface area contributed by atoms with Crippen LogP contribution in [0.5, 0.6) is 0 Å². The quantitative estimate of drug-likeness (QED) is 0.0128. The highest BCUT2D eigenvalue weighted by molar-refractivity contribution is 8.76. The molecule has 30 N–H and O–H groups in total. The van der Waals surface area contributed by atoms with Gasteiger partial charge in [-0.2, -0.15) is 0 Å². The third-order valence-corrected chi connectivity index (χ3v) is 17.3. The maximum atomic E-state index is 14.5. The van der Waals surface area contributed by atoms with Crippen molar-refractivity contribution in [1.29, 1.82) is 0 Å². The zero-order chi connectivity index (χ0) is 74.1. The highest BCUT2D eigenvalue weighted by Gasteiger charge is 2.36. The Kier molecular flexibility index (Phi) is 39.7. The van der Waals surface area contributed by atoms with Crippen LogP contribution in [0.15, 0.2) is 70.6 Å². The van der Waals surface area contributed by atoms with Crippen LogP contribution in [-0.4, -0.2) is 229 Å². The monoisotopic (exact) mass is 1440 g/mol. The molecule has 13 amide bonds. The summed E-state index contributed by atoms with van der Waals surface area (Å²) in [6.07, 6.45) is -0.194. The van der Waals surface area contributed by atoms with Crippen LogP contribution in [0.2, 0.25) is 0 Å². The predicted octanol–water partition coefficient (Wildman–Crippen LogP) is -8.87. The largest absolute Gasteiger partial charge is 0.394 e. The first-order valence-electron chi connectivity index (χ1n) is 32.4. The van der Waals surface area contributed by atoms with Crippen molar-refractivity contribution in [3.8, 4) is 0 Å². The molecule has 1 fully saturated rings. The lowest BCUT2D eigenvalue weighted by atomic mass is 10.0. The highest BCUT2D eigenvalue weighted by atomic mass is 33.1. The molecule has 0 radical (unpaired) electrons. The number of benzene rings is 2. The van der Waals surface area contributed by atoms with Crippen LogP contribution in [0.25, 0.3) is 0 Å². The molecule has 37 nitrogen and oxygen atoms in total. The third kappa shape index (κ3) is 33.4. The molecule has 554 valence electrons. The lowest BCUT2D eigenvalue weighted by Crippen LogP contribution is -2.61. The van der Waals surface area contributed by atoms with Gasteiger partial charge in [-0.25, -0.2) is 0 Å². The number of aliphatic hydroxyl groups excluding tert-OH is 2. The van der Waals surface area contributed by atoms with Crippen LogP contribution in [0.1, 0.15) is 82.3 Å². The number of guanidine groups is 2. The number of aliphatic imine (C=N–C) groups is 2. The number of rotatable bonds is 39. The highest BCUT2D eigenvalue weighted by Crippen LogP contribution is 2.24. The SMILES string of the molecule is C[C@@H](O)[C@H](NC(=O)[C@H](Cc1ccccc1)NC(=O)CNC(=O)CNC(=O)[C@@H](N)Cc1ccccc1)C(=O)NCC(=O)NC1CSSCC(C(=O)N[C@@H](CCCN=C(N)N)C(=O)N[C@@H](CCCCN)C(N)=O)NC(=O)C(CO)NC(=O)[C@H](CCCCN)NC(=O)C(CCCN=C(N)N)NC1=O. The molecule has 2 aromatic carbocycles. The standard InChI is InChI=1S/C61H98N22O15S2/c1-34(85)49(83-55(94)42(27-36-16-6-3-7-17-36)75-47(87)29-72-46(86)28-73-51(90)37(64)26-35-14-4-2-5-15-35)59(98)74-30-48(88)76-44-32-99-100-33-45(58(97)80-40(20-12-24-70-60(66)67)52(91)77-38(50(65)89)18-8-10-22-62)82-56(95)43(31-84)81-54(93)39(19-9-11-23-63)78-53(92)41(79-57(44)96)21-13-25-71-61(68)69/h2-7,14-17,34,37-45,49,84-85H,8-13,18-33,62-64H2,1H3,(H2,65,89)(H,72,86)(H,73,90)(H,74,98)(H,75,87)(H,76,88)(H,77,91)(H,78,92)(H,79,96)(H,80,97)(H,81,93)(H,82,95)(H,83,94)(H4,66,67,70)(H4,68,69,71)/t34-,37+,38+,39+,40+,41?,42+,43?,44?,45?,49+/m1/s1. The number of hydrogen-bond acceptors (Lipinski definition) is 22. The van der Waals surface area contributed by atoms with Gasteiger partial charge in [0.2, 0.25) is 76.8 Å². The van der Waals surface area contributed by atoms with E-state index in [0.29, 0.717) is 31.4 Å². The van der Waals surface area contributed by atoms with Gasteiger partial charge in [0.05, 0.1) is 38.4 Å². The summed E-state index contributed by atoms with van der Waals surface area (Å²) in [6, 6.07) is 2.57. The van der Waals surface area contributed by atoms with Crippen LogP contribution in [0.3, 0.4) is 0 Å². The van der Waals surface area contributed by atoms with Crippen molar-refractivity contribution >= 4 is 110 Å². The Labute approximate surface area is 586 Å². The van der Waals surface area contributed by atoms with Gasteiger partial charge in [-0.1, -0.05) is 82.3 Å². The number of nitrogens with one attached hydrogen (secondary N) is 12. The van der Waals surface area contributed by atoms with Crippen LogP contribution in [-0.2, 0) is 75.2 Å². The molecule has 1 heterocycles. The summed E-state index contributed by atoms with van der Waals surface area (Å²) in [5, 5.41) is 51.0. The Morgan fingerprint density at radius 2 is 1.05 bits per heavy atom. The van der Waals surface area contributed by atoms with Gasteiger partial charge < -0.3 is 120 Å².